The molecule has 0 saturated heterocycles. The number of thioether (sulfide) groups is 1. The summed E-state index contributed by atoms with van der Waals surface area (Å²) in [4.78, 5) is 22.0. The zero-order valence-electron chi connectivity index (χ0n) is 21.4. The van der Waals surface area contributed by atoms with Gasteiger partial charge in [-0.25, -0.2) is 14.6 Å². The van der Waals surface area contributed by atoms with Crippen molar-refractivity contribution in [2.75, 3.05) is 37.4 Å². The molecule has 194 valence electrons. The van der Waals surface area contributed by atoms with Crippen LogP contribution in [0.4, 0.5) is 5.82 Å². The van der Waals surface area contributed by atoms with Crippen molar-refractivity contribution in [3.05, 3.63) is 66.4 Å². The van der Waals surface area contributed by atoms with E-state index in [1.165, 1.54) is 0 Å². The van der Waals surface area contributed by atoms with Crippen LogP contribution in [0.15, 0.2) is 66.0 Å². The largest absolute Gasteiger partial charge is 0.380 e. The van der Waals surface area contributed by atoms with Crippen molar-refractivity contribution in [3.63, 3.8) is 0 Å². The zero-order chi connectivity index (χ0) is 25.9. The molecule has 0 atom stereocenters. The molecule has 0 bridgehead atoms. The van der Waals surface area contributed by atoms with Gasteiger partial charge in [-0.3, -0.25) is 4.79 Å². The minimum atomic E-state index is -0.0176. The summed E-state index contributed by atoms with van der Waals surface area (Å²) in [6, 6.07) is 18.3. The third kappa shape index (κ3) is 7.53. The molecule has 0 unspecified atom stereocenters. The maximum Gasteiger partial charge on any atom is 0.224 e. The van der Waals surface area contributed by atoms with Gasteiger partial charge < -0.3 is 15.4 Å². The van der Waals surface area contributed by atoms with Crippen LogP contribution in [0.5, 0.6) is 0 Å². The average Bonchev–Trinajstić information content (AvgIpc) is 3.33. The zero-order valence-corrected chi connectivity index (χ0v) is 22.3. The lowest BCUT2D eigenvalue weighted by Gasteiger charge is -2.10. The molecule has 4 rings (SSSR count). The minimum absolute atomic E-state index is 0.0176. The normalized spacial score (nSPS) is 11.1. The van der Waals surface area contributed by atoms with Crippen molar-refractivity contribution in [1.82, 2.24) is 25.1 Å². The standard InChI is InChI=1S/C28H34N6O2S/c1-3-18-37-28-32-26(30-15-17-36-4-2)24-20-31-34(27(24)33-28)16-14-29-25(35)19-21-10-12-23(13-11-21)22-8-6-5-7-9-22/h5-13,20H,3-4,14-19H2,1-2H3,(H,29,35)(H,30,32,33). The Kier molecular flexibility index (Phi) is 9.90. The predicted molar refractivity (Wildman–Crippen MR) is 150 cm³/mol. The van der Waals surface area contributed by atoms with Crippen molar-refractivity contribution >= 4 is 34.5 Å². The Morgan fingerprint density at radius 1 is 1.00 bits per heavy atom. The van der Waals surface area contributed by atoms with Gasteiger partial charge in [-0.15, -0.1) is 0 Å². The fourth-order valence-electron chi connectivity index (χ4n) is 3.87. The van der Waals surface area contributed by atoms with Gasteiger partial charge in [0.05, 0.1) is 31.2 Å². The van der Waals surface area contributed by atoms with Gasteiger partial charge in [0.25, 0.3) is 0 Å². The lowest BCUT2D eigenvalue weighted by Crippen LogP contribution is -2.28. The topological polar surface area (TPSA) is 94.0 Å². The molecule has 0 saturated carbocycles. The number of hydrogen-bond donors (Lipinski definition) is 2. The van der Waals surface area contributed by atoms with Gasteiger partial charge in [0, 0.05) is 25.4 Å². The van der Waals surface area contributed by atoms with Crippen LogP contribution in [0.3, 0.4) is 0 Å². The maximum atomic E-state index is 12.6. The van der Waals surface area contributed by atoms with Crippen molar-refractivity contribution in [1.29, 1.82) is 0 Å². The van der Waals surface area contributed by atoms with Gasteiger partial charge in [-0.1, -0.05) is 73.3 Å². The van der Waals surface area contributed by atoms with Gasteiger partial charge in [-0.2, -0.15) is 5.10 Å². The molecule has 2 heterocycles. The first-order chi connectivity index (χ1) is 18.2. The van der Waals surface area contributed by atoms with Crippen LogP contribution >= 0.6 is 11.8 Å². The van der Waals surface area contributed by atoms with Crippen molar-refractivity contribution in [2.45, 2.75) is 38.4 Å². The lowest BCUT2D eigenvalue weighted by atomic mass is 10.0. The summed E-state index contributed by atoms with van der Waals surface area (Å²) in [5.74, 6) is 1.69. The summed E-state index contributed by atoms with van der Waals surface area (Å²) in [7, 11) is 0. The highest BCUT2D eigenvalue weighted by Crippen LogP contribution is 2.25. The molecule has 0 spiro atoms. The molecule has 1 amide bonds. The number of rotatable bonds is 14. The van der Waals surface area contributed by atoms with Crippen LogP contribution in [0.2, 0.25) is 0 Å². The number of ether oxygens (including phenoxy) is 1. The number of carbonyl (C=O) groups excluding carboxylic acids is 1. The minimum Gasteiger partial charge on any atom is -0.380 e. The predicted octanol–water partition coefficient (Wildman–Crippen LogP) is 4.80. The number of fused-ring (bicyclic) bond motifs is 1. The maximum absolute atomic E-state index is 12.6. The molecule has 0 aliphatic rings. The summed E-state index contributed by atoms with van der Waals surface area (Å²) in [6.45, 7) is 7.05. The van der Waals surface area contributed by atoms with E-state index in [9.17, 15) is 4.79 Å². The number of carbonyl (C=O) groups is 1. The van der Waals surface area contributed by atoms with E-state index in [1.807, 2.05) is 41.9 Å². The summed E-state index contributed by atoms with van der Waals surface area (Å²) in [5.41, 5.74) is 4.05. The number of amides is 1. The third-order valence-corrected chi connectivity index (χ3v) is 6.78. The molecule has 2 aromatic heterocycles. The summed E-state index contributed by atoms with van der Waals surface area (Å²) in [6.07, 6.45) is 3.16. The third-order valence-electron chi connectivity index (χ3n) is 5.73. The molecular weight excluding hydrogens is 484 g/mol. The second kappa shape index (κ2) is 13.8. The van der Waals surface area contributed by atoms with Crippen LogP contribution in [0.25, 0.3) is 22.2 Å². The quantitative estimate of drug-likeness (QED) is 0.141. The van der Waals surface area contributed by atoms with E-state index in [2.05, 4.69) is 46.9 Å². The smallest absolute Gasteiger partial charge is 0.224 e. The first kappa shape index (κ1) is 26.6. The summed E-state index contributed by atoms with van der Waals surface area (Å²) < 4.78 is 7.27. The highest BCUT2D eigenvalue weighted by atomic mass is 32.2. The molecule has 37 heavy (non-hydrogen) atoms. The molecule has 0 aliphatic carbocycles. The average molecular weight is 519 g/mol. The molecule has 2 N–H and O–H groups in total. The van der Waals surface area contributed by atoms with E-state index in [-0.39, 0.29) is 5.91 Å². The molecular formula is C28H34N6O2S. The van der Waals surface area contributed by atoms with E-state index >= 15 is 0 Å². The lowest BCUT2D eigenvalue weighted by molar-refractivity contribution is -0.120. The van der Waals surface area contributed by atoms with Gasteiger partial charge in [0.15, 0.2) is 10.8 Å². The molecule has 2 aromatic carbocycles. The molecule has 0 radical (unpaired) electrons. The van der Waals surface area contributed by atoms with E-state index in [4.69, 9.17) is 14.7 Å². The van der Waals surface area contributed by atoms with Crippen LogP contribution in [-0.4, -0.2) is 57.7 Å². The second-order valence-electron chi connectivity index (χ2n) is 8.52. The Balaban J connectivity index is 1.35. The number of hydrogen-bond acceptors (Lipinski definition) is 7. The van der Waals surface area contributed by atoms with Crippen LogP contribution in [0.1, 0.15) is 25.8 Å². The van der Waals surface area contributed by atoms with Gasteiger partial charge in [-0.05, 0) is 30.0 Å². The van der Waals surface area contributed by atoms with Crippen molar-refractivity contribution in [2.24, 2.45) is 0 Å². The van der Waals surface area contributed by atoms with Crippen molar-refractivity contribution < 1.29 is 9.53 Å². The molecule has 8 nitrogen and oxygen atoms in total. The molecule has 0 aliphatic heterocycles. The molecule has 9 heteroatoms. The Morgan fingerprint density at radius 3 is 2.54 bits per heavy atom. The highest BCUT2D eigenvalue weighted by Gasteiger charge is 2.14. The van der Waals surface area contributed by atoms with Gasteiger partial charge in [0.2, 0.25) is 5.91 Å². The summed E-state index contributed by atoms with van der Waals surface area (Å²) in [5, 5.41) is 12.5. The number of anilines is 1. The molecule has 0 fully saturated rings. The van der Waals surface area contributed by atoms with Crippen LogP contribution in [-0.2, 0) is 22.5 Å². The first-order valence-corrected chi connectivity index (χ1v) is 13.8. The van der Waals surface area contributed by atoms with Gasteiger partial charge in [0.1, 0.15) is 5.82 Å². The number of nitrogens with one attached hydrogen (secondary N) is 2. The number of benzene rings is 2. The number of aromatic nitrogens is 4. The highest BCUT2D eigenvalue weighted by molar-refractivity contribution is 7.99. The van der Waals surface area contributed by atoms with Gasteiger partial charge >= 0.3 is 0 Å². The van der Waals surface area contributed by atoms with E-state index in [1.54, 1.807) is 18.0 Å². The number of nitrogens with zero attached hydrogens (tertiary/aromatic N) is 4. The Hall–Kier alpha value is -3.43. The second-order valence-corrected chi connectivity index (χ2v) is 9.58. The first-order valence-electron chi connectivity index (χ1n) is 12.8. The van der Waals surface area contributed by atoms with E-state index in [0.29, 0.717) is 39.3 Å². The SMILES string of the molecule is CCCSc1nc(NCCOCC)c2cnn(CCNC(=O)Cc3ccc(-c4ccccc4)cc3)c2n1. The van der Waals surface area contributed by atoms with E-state index < -0.39 is 0 Å². The Labute approximate surface area is 222 Å². The van der Waals surface area contributed by atoms with E-state index in [0.717, 1.165) is 50.9 Å². The van der Waals surface area contributed by atoms with Crippen molar-refractivity contribution in [3.8, 4) is 11.1 Å². The fraction of sp³-hybridized carbons (Fsp3) is 0.357. The monoisotopic (exact) mass is 518 g/mol. The summed E-state index contributed by atoms with van der Waals surface area (Å²) >= 11 is 1.63. The Morgan fingerprint density at radius 2 is 1.78 bits per heavy atom. The van der Waals surface area contributed by atoms with Crippen LogP contribution < -0.4 is 10.6 Å². The fourth-order valence-corrected chi connectivity index (χ4v) is 4.57. The van der Waals surface area contributed by atoms with Crippen LogP contribution in [0, 0.1) is 0 Å². The Bertz CT molecular complexity index is 1280. The molecule has 4 aromatic rings.